The number of nitrogens with zero attached hydrogens (tertiary/aromatic N) is 5. The van der Waals surface area contributed by atoms with Gasteiger partial charge in [0.1, 0.15) is 11.4 Å². The van der Waals surface area contributed by atoms with Crippen LogP contribution in [0.25, 0.3) is 0 Å². The number of nitrogens with one attached hydrogen (secondary N) is 3. The first-order valence-corrected chi connectivity index (χ1v) is 15.6. The summed E-state index contributed by atoms with van der Waals surface area (Å²) >= 11 is 0. The van der Waals surface area contributed by atoms with E-state index in [1.54, 1.807) is 24.3 Å². The second-order valence-electron chi connectivity index (χ2n) is 11.9. The number of likely N-dealkylation sites (N-methyl/N-ethyl adjacent to an activating group) is 1. The summed E-state index contributed by atoms with van der Waals surface area (Å²) in [6, 6.07) is 10.5. The number of carbonyl (C=O) groups excluding carboxylic acids is 1. The van der Waals surface area contributed by atoms with E-state index in [0.29, 0.717) is 23.4 Å². The van der Waals surface area contributed by atoms with Crippen molar-refractivity contribution in [3.05, 3.63) is 64.8 Å². The highest BCUT2D eigenvalue weighted by atomic mass is 19.4. The Kier molecular flexibility index (Phi) is 9.27. The van der Waals surface area contributed by atoms with E-state index in [-0.39, 0.29) is 29.4 Å². The summed E-state index contributed by atoms with van der Waals surface area (Å²) in [6.45, 7) is 9.39. The van der Waals surface area contributed by atoms with Crippen molar-refractivity contribution >= 4 is 34.7 Å². The molecule has 3 aromatic rings. The van der Waals surface area contributed by atoms with Crippen LogP contribution in [0.5, 0.6) is 0 Å². The monoisotopic (exact) mass is 644 g/mol. The highest BCUT2D eigenvalue weighted by Gasteiger charge is 2.36. The molecule has 0 atom stereocenters. The number of benzene rings is 2. The van der Waals surface area contributed by atoms with E-state index in [1.165, 1.54) is 6.07 Å². The predicted molar refractivity (Wildman–Crippen MR) is 166 cm³/mol. The van der Waals surface area contributed by atoms with Crippen LogP contribution in [0.4, 0.5) is 50.8 Å². The van der Waals surface area contributed by atoms with Crippen molar-refractivity contribution in [1.82, 2.24) is 25.1 Å². The lowest BCUT2D eigenvalue weighted by Crippen LogP contribution is -2.53. The Labute approximate surface area is 264 Å². The van der Waals surface area contributed by atoms with Crippen LogP contribution >= 0.6 is 0 Å². The predicted octanol–water partition coefficient (Wildman–Crippen LogP) is 5.64. The zero-order valence-corrected chi connectivity index (χ0v) is 25.5. The van der Waals surface area contributed by atoms with Gasteiger partial charge in [-0.05, 0) is 54.8 Å². The molecule has 9 nitrogen and oxygen atoms in total. The second-order valence-corrected chi connectivity index (χ2v) is 11.9. The third kappa shape index (κ3) is 7.02. The van der Waals surface area contributed by atoms with Crippen molar-refractivity contribution in [3.8, 4) is 0 Å². The maximum atomic E-state index is 13.9. The smallest absolute Gasteiger partial charge is 0.371 e. The van der Waals surface area contributed by atoms with E-state index in [1.807, 2.05) is 6.07 Å². The topological polar surface area (TPSA) is 88.7 Å². The maximum Gasteiger partial charge on any atom is 0.421 e. The van der Waals surface area contributed by atoms with Gasteiger partial charge in [-0.2, -0.15) is 18.2 Å². The molecule has 2 fully saturated rings. The molecule has 0 spiro atoms. The molecule has 3 N–H and O–H groups in total. The van der Waals surface area contributed by atoms with Gasteiger partial charge in [0.05, 0.1) is 11.3 Å². The molecular weight excluding hydrogens is 607 g/mol. The minimum atomic E-state index is -4.79. The number of halogens is 5. The van der Waals surface area contributed by atoms with Crippen LogP contribution in [0.15, 0.2) is 42.6 Å². The van der Waals surface area contributed by atoms with Crippen molar-refractivity contribution in [2.75, 3.05) is 61.3 Å². The first-order chi connectivity index (χ1) is 22.1. The third-order valence-corrected chi connectivity index (χ3v) is 9.07. The Morgan fingerprint density at radius 1 is 1.00 bits per heavy atom. The van der Waals surface area contributed by atoms with Crippen molar-refractivity contribution in [2.24, 2.45) is 0 Å². The number of alkyl halides is 5. The minimum absolute atomic E-state index is 0.164. The number of amides is 1. The molecule has 6 rings (SSSR count). The minimum Gasteiger partial charge on any atom is -0.371 e. The van der Waals surface area contributed by atoms with Crippen LogP contribution < -0.4 is 20.9 Å². The molecule has 4 heterocycles. The average Bonchev–Trinajstić information content (AvgIpc) is 3.43. The van der Waals surface area contributed by atoms with Gasteiger partial charge < -0.3 is 25.8 Å². The number of carbonyl (C=O) groups is 1. The summed E-state index contributed by atoms with van der Waals surface area (Å²) in [5.74, 6) is -1.18. The molecule has 0 aliphatic carbocycles. The molecule has 0 radical (unpaired) electrons. The zero-order valence-electron chi connectivity index (χ0n) is 25.5. The van der Waals surface area contributed by atoms with Crippen LogP contribution in [-0.2, 0) is 19.1 Å². The molecule has 246 valence electrons. The lowest BCUT2D eigenvalue weighted by molar-refractivity contribution is -0.137. The van der Waals surface area contributed by atoms with Gasteiger partial charge >= 0.3 is 6.18 Å². The summed E-state index contributed by atoms with van der Waals surface area (Å²) in [6.07, 6.45) is -5.38. The van der Waals surface area contributed by atoms with Crippen molar-refractivity contribution < 1.29 is 26.7 Å². The van der Waals surface area contributed by atoms with Crippen LogP contribution in [0.1, 0.15) is 46.8 Å². The van der Waals surface area contributed by atoms with E-state index in [2.05, 4.69) is 47.5 Å². The Bertz CT molecular complexity index is 1550. The Hall–Kier alpha value is -4.04. The van der Waals surface area contributed by atoms with E-state index in [9.17, 15) is 26.7 Å². The molecule has 0 saturated carbocycles. The van der Waals surface area contributed by atoms with Gasteiger partial charge in [-0.25, -0.2) is 13.8 Å². The third-order valence-electron chi connectivity index (χ3n) is 9.07. The molecule has 14 heteroatoms. The summed E-state index contributed by atoms with van der Waals surface area (Å²) in [4.78, 5) is 27.5. The van der Waals surface area contributed by atoms with E-state index < -0.39 is 36.3 Å². The SMILES string of the molecule is CCN1CCN(C2CCN(c3ccc(Nc4ncc(C(F)(F)F)c(Nc5cccc6c5C(=O)NC6)n4)c(CC(F)F)c3)CC2)CC1. The van der Waals surface area contributed by atoms with Crippen molar-refractivity contribution in [3.63, 3.8) is 0 Å². The molecule has 2 aromatic carbocycles. The number of rotatable bonds is 9. The highest BCUT2D eigenvalue weighted by molar-refractivity contribution is 6.04. The second kappa shape index (κ2) is 13.4. The summed E-state index contributed by atoms with van der Waals surface area (Å²) < 4.78 is 69.2. The first-order valence-electron chi connectivity index (χ1n) is 15.6. The van der Waals surface area contributed by atoms with Gasteiger partial charge in [0.15, 0.2) is 0 Å². The van der Waals surface area contributed by atoms with Gasteiger partial charge in [-0.3, -0.25) is 9.69 Å². The number of hydrogen-bond donors (Lipinski definition) is 3. The molecule has 0 unspecified atom stereocenters. The molecule has 1 aromatic heterocycles. The summed E-state index contributed by atoms with van der Waals surface area (Å²) in [5.41, 5.74) is 1.32. The lowest BCUT2D eigenvalue weighted by Gasteiger charge is -2.43. The largest absolute Gasteiger partial charge is 0.421 e. The lowest BCUT2D eigenvalue weighted by atomic mass is 10.0. The summed E-state index contributed by atoms with van der Waals surface area (Å²) in [5, 5.41) is 8.18. The first kappa shape index (κ1) is 31.9. The summed E-state index contributed by atoms with van der Waals surface area (Å²) in [7, 11) is 0. The van der Waals surface area contributed by atoms with Crippen LogP contribution in [0, 0.1) is 0 Å². The number of anilines is 5. The fourth-order valence-electron chi connectivity index (χ4n) is 6.54. The Morgan fingerprint density at radius 2 is 1.76 bits per heavy atom. The Morgan fingerprint density at radius 3 is 2.46 bits per heavy atom. The van der Waals surface area contributed by atoms with Crippen LogP contribution in [-0.4, -0.2) is 84.0 Å². The fraction of sp³-hybridized carbons (Fsp3) is 0.469. The molecular formula is C32H37F5N8O. The number of aromatic nitrogens is 2. The number of hydrogen-bond acceptors (Lipinski definition) is 8. The van der Waals surface area contributed by atoms with E-state index in [4.69, 9.17) is 0 Å². The normalized spacial score (nSPS) is 18.2. The zero-order chi connectivity index (χ0) is 32.4. The number of piperazine rings is 1. The van der Waals surface area contributed by atoms with Gasteiger partial charge in [-0.1, -0.05) is 19.1 Å². The highest BCUT2D eigenvalue weighted by Crippen LogP contribution is 2.37. The van der Waals surface area contributed by atoms with Crippen molar-refractivity contribution in [1.29, 1.82) is 0 Å². The van der Waals surface area contributed by atoms with E-state index in [0.717, 1.165) is 64.3 Å². The quantitative estimate of drug-likeness (QED) is 0.258. The molecule has 1 amide bonds. The standard InChI is InChI=1S/C32H37F5N8O/c1-2-43-12-14-45(15-13-43)22-8-10-44(11-9-22)23-6-7-25(21(16-23)17-27(33)34)41-31-39-19-24(32(35,36)37)29(42-31)40-26-5-3-4-20-18-38-30(46)28(20)26/h3-7,16,19,22,27H,2,8-15,17-18H2,1H3,(H,38,46)(H2,39,40,41,42). The maximum absolute atomic E-state index is 13.9. The van der Waals surface area contributed by atoms with Gasteiger partial charge in [0.2, 0.25) is 12.4 Å². The van der Waals surface area contributed by atoms with Gasteiger partial charge in [0.25, 0.3) is 5.91 Å². The Balaban J connectivity index is 1.20. The molecule has 0 bridgehead atoms. The van der Waals surface area contributed by atoms with E-state index >= 15 is 0 Å². The number of piperidine rings is 1. The van der Waals surface area contributed by atoms with Crippen LogP contribution in [0.2, 0.25) is 0 Å². The van der Waals surface area contributed by atoms with Gasteiger partial charge in [-0.15, -0.1) is 0 Å². The number of fused-ring (bicyclic) bond motifs is 1. The molecule has 2 saturated heterocycles. The van der Waals surface area contributed by atoms with Gasteiger partial charge in [0, 0.05) is 75.8 Å². The van der Waals surface area contributed by atoms with Crippen molar-refractivity contribution in [2.45, 2.75) is 51.4 Å². The fourth-order valence-corrected chi connectivity index (χ4v) is 6.54. The molecule has 46 heavy (non-hydrogen) atoms. The molecule has 3 aliphatic heterocycles. The molecule has 3 aliphatic rings. The average molecular weight is 645 g/mol. The van der Waals surface area contributed by atoms with Crippen LogP contribution in [0.3, 0.4) is 0 Å².